The fourth-order valence-corrected chi connectivity index (χ4v) is 3.76. The van der Waals surface area contributed by atoms with Crippen molar-refractivity contribution in [2.24, 2.45) is 0 Å². The third-order valence-corrected chi connectivity index (χ3v) is 5.47. The molecule has 1 aromatic heterocycles. The first-order chi connectivity index (χ1) is 14.6. The number of hydrogen-bond donors (Lipinski definition) is 3. The van der Waals surface area contributed by atoms with E-state index in [0.29, 0.717) is 31.9 Å². The van der Waals surface area contributed by atoms with Gasteiger partial charge in [-0.2, -0.15) is 0 Å². The molecule has 2 heterocycles. The Balaban J connectivity index is 1.58. The topological polar surface area (TPSA) is 79.0 Å². The Morgan fingerprint density at radius 1 is 1.13 bits per heavy atom. The van der Waals surface area contributed by atoms with Crippen LogP contribution in [0.5, 0.6) is 0 Å². The van der Waals surface area contributed by atoms with E-state index in [1.165, 1.54) is 11.0 Å². The Bertz CT molecular complexity index is 820. The normalized spacial score (nSPS) is 15.6. The van der Waals surface area contributed by atoms with Crippen molar-refractivity contribution >= 4 is 17.5 Å². The monoisotopic (exact) mass is 417 g/mol. The lowest BCUT2D eigenvalue weighted by molar-refractivity contribution is -0.932. The van der Waals surface area contributed by atoms with Crippen LogP contribution in [-0.2, 0) is 9.59 Å². The fourth-order valence-electron chi connectivity index (χ4n) is 3.76. The first-order valence-electron chi connectivity index (χ1n) is 10.5. The second-order valence-corrected chi connectivity index (χ2v) is 7.48. The van der Waals surface area contributed by atoms with Gasteiger partial charge >= 0.3 is 11.8 Å². The van der Waals surface area contributed by atoms with Crippen LogP contribution in [-0.4, -0.2) is 51.1 Å². The average Bonchev–Trinajstić information content (AvgIpc) is 3.29. The number of benzene rings is 1. The van der Waals surface area contributed by atoms with Gasteiger partial charge in [0.25, 0.3) is 0 Å². The summed E-state index contributed by atoms with van der Waals surface area (Å²) >= 11 is 0. The summed E-state index contributed by atoms with van der Waals surface area (Å²) in [6, 6.07) is 10.4. The molecule has 1 saturated heterocycles. The molecule has 1 aromatic carbocycles. The number of nitrogens with zero attached hydrogens (tertiary/aromatic N) is 1. The van der Waals surface area contributed by atoms with E-state index < -0.39 is 11.8 Å². The highest BCUT2D eigenvalue weighted by atomic mass is 19.1. The number of halogens is 1. The van der Waals surface area contributed by atoms with Gasteiger partial charge in [0.05, 0.1) is 44.7 Å². The van der Waals surface area contributed by atoms with Crippen LogP contribution in [0.25, 0.3) is 0 Å². The predicted molar refractivity (Wildman–Crippen MR) is 112 cm³/mol. The van der Waals surface area contributed by atoms with E-state index in [9.17, 15) is 14.0 Å². The van der Waals surface area contributed by atoms with Gasteiger partial charge in [0.15, 0.2) is 11.8 Å². The summed E-state index contributed by atoms with van der Waals surface area (Å²) < 4.78 is 19.7. The molecule has 1 fully saturated rings. The summed E-state index contributed by atoms with van der Waals surface area (Å²) in [6.07, 6.45) is 3.39. The van der Waals surface area contributed by atoms with Crippen molar-refractivity contribution in [2.45, 2.75) is 25.8 Å². The molecule has 0 unspecified atom stereocenters. The van der Waals surface area contributed by atoms with E-state index >= 15 is 0 Å². The number of para-hydroxylation sites is 1. The van der Waals surface area contributed by atoms with Crippen molar-refractivity contribution in [3.63, 3.8) is 0 Å². The zero-order chi connectivity index (χ0) is 21.3. The Morgan fingerprint density at radius 3 is 2.53 bits per heavy atom. The number of unbranched alkanes of at least 4 members (excludes halogenated alkanes) is 1. The van der Waals surface area contributed by atoms with Gasteiger partial charge in [-0.25, -0.2) is 4.39 Å². The van der Waals surface area contributed by atoms with Gasteiger partial charge in [-0.05, 0) is 30.7 Å². The highest BCUT2D eigenvalue weighted by Crippen LogP contribution is 2.19. The number of amides is 2. The van der Waals surface area contributed by atoms with Gasteiger partial charge in [-0.1, -0.05) is 25.5 Å². The van der Waals surface area contributed by atoms with Crippen molar-refractivity contribution in [1.82, 2.24) is 10.6 Å². The molecule has 1 aliphatic heterocycles. The zero-order valence-corrected chi connectivity index (χ0v) is 17.3. The molecule has 0 aliphatic carbocycles. The minimum atomic E-state index is -0.632. The van der Waals surface area contributed by atoms with Crippen LogP contribution in [0.3, 0.4) is 0 Å². The molecule has 2 amide bonds. The number of rotatable bonds is 8. The molecule has 0 spiro atoms. The molecule has 1 aliphatic rings. The summed E-state index contributed by atoms with van der Waals surface area (Å²) in [5.41, 5.74) is 0.614. The lowest BCUT2D eigenvalue weighted by Gasteiger charge is -2.37. The van der Waals surface area contributed by atoms with Crippen molar-refractivity contribution in [3.8, 4) is 0 Å². The molecule has 8 heteroatoms. The highest BCUT2D eigenvalue weighted by molar-refractivity contribution is 6.35. The molecular formula is C22H30FN4O3+. The molecule has 3 N–H and O–H groups in total. The second-order valence-electron chi connectivity index (χ2n) is 7.48. The molecule has 162 valence electrons. The number of hydrogen-bond acceptors (Lipinski definition) is 4. The summed E-state index contributed by atoms with van der Waals surface area (Å²) in [5, 5.41) is 5.37. The van der Waals surface area contributed by atoms with E-state index in [2.05, 4.69) is 10.6 Å². The number of quaternary nitrogens is 1. The predicted octanol–water partition coefficient (Wildman–Crippen LogP) is 0.897. The third kappa shape index (κ3) is 5.60. The molecule has 7 nitrogen and oxygen atoms in total. The van der Waals surface area contributed by atoms with Crippen LogP contribution in [0, 0.1) is 5.82 Å². The quantitative estimate of drug-likeness (QED) is 0.441. The first-order valence-corrected chi connectivity index (χ1v) is 10.5. The molecule has 0 saturated carbocycles. The van der Waals surface area contributed by atoms with Gasteiger partial charge in [-0.15, -0.1) is 0 Å². The summed E-state index contributed by atoms with van der Waals surface area (Å²) in [5.74, 6) is -0.700. The van der Waals surface area contributed by atoms with Crippen molar-refractivity contribution in [2.75, 3.05) is 44.2 Å². The van der Waals surface area contributed by atoms with Crippen LogP contribution in [0.2, 0.25) is 0 Å². The SMILES string of the molecule is CCCCNC(=O)C(=O)NC[C@H](c1ccco1)[NH+]1CCN(c2ccccc2F)CC1. The van der Waals surface area contributed by atoms with Crippen molar-refractivity contribution in [1.29, 1.82) is 0 Å². The molecule has 0 radical (unpaired) electrons. The van der Waals surface area contributed by atoms with E-state index in [1.54, 1.807) is 18.4 Å². The zero-order valence-electron chi connectivity index (χ0n) is 17.3. The minimum Gasteiger partial charge on any atom is -0.463 e. The third-order valence-electron chi connectivity index (χ3n) is 5.47. The number of piperazine rings is 1. The second kappa shape index (κ2) is 10.8. The summed E-state index contributed by atoms with van der Waals surface area (Å²) in [6.45, 7) is 5.72. The maximum absolute atomic E-state index is 14.1. The number of nitrogens with one attached hydrogen (secondary N) is 3. The number of carbonyl (C=O) groups excluding carboxylic acids is 2. The van der Waals surface area contributed by atoms with E-state index in [-0.39, 0.29) is 11.9 Å². The van der Waals surface area contributed by atoms with Crippen LogP contribution < -0.4 is 20.4 Å². The largest absolute Gasteiger partial charge is 0.463 e. The maximum Gasteiger partial charge on any atom is 0.309 e. The summed E-state index contributed by atoms with van der Waals surface area (Å²) in [7, 11) is 0. The van der Waals surface area contributed by atoms with E-state index in [1.807, 2.05) is 30.0 Å². The number of anilines is 1. The van der Waals surface area contributed by atoms with E-state index in [4.69, 9.17) is 4.42 Å². The van der Waals surface area contributed by atoms with E-state index in [0.717, 1.165) is 31.7 Å². The first kappa shape index (κ1) is 21.8. The maximum atomic E-state index is 14.1. The number of carbonyl (C=O) groups is 2. The van der Waals surface area contributed by atoms with Gasteiger partial charge in [0.1, 0.15) is 5.82 Å². The Morgan fingerprint density at radius 2 is 1.87 bits per heavy atom. The Labute approximate surface area is 176 Å². The highest BCUT2D eigenvalue weighted by Gasteiger charge is 2.32. The minimum absolute atomic E-state index is 0.116. The lowest BCUT2D eigenvalue weighted by atomic mass is 10.1. The molecule has 3 rings (SSSR count). The molecule has 30 heavy (non-hydrogen) atoms. The van der Waals surface area contributed by atoms with Crippen LogP contribution in [0.15, 0.2) is 47.1 Å². The smallest absolute Gasteiger partial charge is 0.309 e. The van der Waals surface area contributed by atoms with Gasteiger partial charge < -0.3 is 24.9 Å². The fraction of sp³-hybridized carbons (Fsp3) is 0.455. The Hall–Kier alpha value is -2.87. The lowest BCUT2D eigenvalue weighted by Crippen LogP contribution is -3.15. The van der Waals surface area contributed by atoms with Gasteiger partial charge in [0, 0.05) is 6.54 Å². The molecule has 1 atom stereocenters. The Kier molecular flexibility index (Phi) is 7.84. The molecule has 0 bridgehead atoms. The summed E-state index contributed by atoms with van der Waals surface area (Å²) in [4.78, 5) is 27.4. The van der Waals surface area contributed by atoms with Crippen molar-refractivity contribution in [3.05, 3.63) is 54.2 Å². The van der Waals surface area contributed by atoms with Crippen LogP contribution in [0.4, 0.5) is 10.1 Å². The van der Waals surface area contributed by atoms with Crippen LogP contribution in [0.1, 0.15) is 31.6 Å². The average molecular weight is 418 g/mol. The van der Waals surface area contributed by atoms with Gasteiger partial charge in [0.2, 0.25) is 0 Å². The number of furan rings is 1. The van der Waals surface area contributed by atoms with Crippen molar-refractivity contribution < 1.29 is 23.3 Å². The standard InChI is InChI=1S/C22H29FN4O3/c1-2-3-10-24-21(28)22(29)25-16-19(20-9-6-15-30-20)27-13-11-26(12-14-27)18-8-5-4-7-17(18)23/h4-9,15,19H,2-3,10-14,16H2,1H3,(H,24,28)(H,25,29)/p+1/t19-/m1/s1. The van der Waals surface area contributed by atoms with Gasteiger partial charge in [-0.3, -0.25) is 9.59 Å². The van der Waals surface area contributed by atoms with Crippen LogP contribution >= 0.6 is 0 Å². The molecule has 2 aromatic rings. The molecular weight excluding hydrogens is 387 g/mol.